The average molecular weight is 495 g/mol. The van der Waals surface area contributed by atoms with Crippen LogP contribution in [0, 0.1) is 0 Å². The number of anilines is 2. The molecule has 2 amide bonds. The lowest BCUT2D eigenvalue weighted by Crippen LogP contribution is -2.48. The summed E-state index contributed by atoms with van der Waals surface area (Å²) >= 11 is 0. The number of hydrogen-bond donors (Lipinski definition) is 1. The second-order valence-corrected chi connectivity index (χ2v) is 9.03. The van der Waals surface area contributed by atoms with Crippen LogP contribution >= 0.6 is 0 Å². The first kappa shape index (κ1) is 24.3. The number of methoxy groups -OCH3 is 1. The number of fused-ring (bicyclic) bond motifs is 1. The number of piperazine rings is 1. The molecule has 0 saturated carbocycles. The number of nitrogens with one attached hydrogen (secondary N) is 1. The lowest BCUT2D eigenvalue weighted by molar-refractivity contribution is -0.115. The molecule has 1 aromatic heterocycles. The van der Waals surface area contributed by atoms with E-state index in [0.717, 1.165) is 52.4 Å². The Bertz CT molecular complexity index is 1430. The van der Waals surface area contributed by atoms with Crippen LogP contribution in [0.2, 0.25) is 0 Å². The Morgan fingerprint density at radius 3 is 2.41 bits per heavy atom. The van der Waals surface area contributed by atoms with Gasteiger partial charge in [-0.2, -0.15) is 0 Å². The minimum Gasteiger partial charge on any atom is -0.497 e. The highest BCUT2D eigenvalue weighted by Crippen LogP contribution is 2.28. The number of rotatable bonds is 6. The zero-order valence-electron chi connectivity index (χ0n) is 21.1. The molecule has 7 nitrogen and oxygen atoms in total. The van der Waals surface area contributed by atoms with Crippen LogP contribution in [-0.4, -0.2) is 55.0 Å². The second kappa shape index (κ2) is 10.7. The summed E-state index contributed by atoms with van der Waals surface area (Å²) in [6.07, 6.45) is 0.424. The van der Waals surface area contributed by atoms with Crippen LogP contribution < -0.4 is 15.0 Å². The summed E-state index contributed by atoms with van der Waals surface area (Å²) in [5, 5.41) is 3.71. The van der Waals surface area contributed by atoms with Crippen LogP contribution in [0.5, 0.6) is 5.75 Å². The topological polar surface area (TPSA) is 74.8 Å². The summed E-state index contributed by atoms with van der Waals surface area (Å²) in [6.45, 7) is 4.58. The molecular formula is C30H30N4O3. The van der Waals surface area contributed by atoms with E-state index < -0.39 is 0 Å². The maximum Gasteiger partial charge on any atom is 0.254 e. The summed E-state index contributed by atoms with van der Waals surface area (Å²) in [4.78, 5) is 34.5. The van der Waals surface area contributed by atoms with Gasteiger partial charge in [-0.15, -0.1) is 0 Å². The fourth-order valence-electron chi connectivity index (χ4n) is 4.62. The van der Waals surface area contributed by atoms with Crippen LogP contribution in [0.3, 0.4) is 0 Å². The van der Waals surface area contributed by atoms with Crippen molar-refractivity contribution in [3.8, 4) is 17.0 Å². The van der Waals surface area contributed by atoms with E-state index in [4.69, 9.17) is 9.72 Å². The summed E-state index contributed by atoms with van der Waals surface area (Å²) in [5.74, 6) is 0.806. The molecule has 1 N–H and O–H groups in total. The van der Waals surface area contributed by atoms with Gasteiger partial charge in [0.1, 0.15) is 5.75 Å². The Balaban J connectivity index is 1.39. The molecule has 0 bridgehead atoms. The number of pyridine rings is 1. The number of carbonyl (C=O) groups is 2. The third-order valence-electron chi connectivity index (χ3n) is 6.72. The Morgan fingerprint density at radius 1 is 0.919 bits per heavy atom. The lowest BCUT2D eigenvalue weighted by Gasteiger charge is -2.36. The predicted octanol–water partition coefficient (Wildman–Crippen LogP) is 5.22. The van der Waals surface area contributed by atoms with Gasteiger partial charge in [-0.25, -0.2) is 4.98 Å². The summed E-state index contributed by atoms with van der Waals surface area (Å²) < 4.78 is 5.36. The van der Waals surface area contributed by atoms with Gasteiger partial charge in [0.15, 0.2) is 0 Å². The van der Waals surface area contributed by atoms with E-state index in [1.165, 1.54) is 0 Å². The van der Waals surface area contributed by atoms with Crippen LogP contribution in [-0.2, 0) is 4.79 Å². The van der Waals surface area contributed by atoms with Crippen LogP contribution in [0.1, 0.15) is 23.7 Å². The number of ether oxygens (including phenoxy) is 1. The molecule has 2 heterocycles. The normalized spacial score (nSPS) is 13.5. The van der Waals surface area contributed by atoms with Gasteiger partial charge in [0.25, 0.3) is 5.91 Å². The van der Waals surface area contributed by atoms with Gasteiger partial charge >= 0.3 is 0 Å². The SMILES string of the molecule is CCC(=O)Nc1ccc(-c2cc(C(=O)N3CCN(c4cccc(OC)c4)CC3)c3ccccc3n2)cc1. The van der Waals surface area contributed by atoms with Gasteiger partial charge in [0.2, 0.25) is 5.91 Å². The van der Waals surface area contributed by atoms with Gasteiger partial charge in [0, 0.05) is 61.0 Å². The molecule has 0 spiro atoms. The number of aromatic nitrogens is 1. The van der Waals surface area contributed by atoms with Crippen molar-refractivity contribution in [3.05, 3.63) is 84.4 Å². The Morgan fingerprint density at radius 2 is 1.68 bits per heavy atom. The number of para-hydroxylation sites is 1. The van der Waals surface area contributed by atoms with Crippen molar-refractivity contribution in [2.75, 3.05) is 43.5 Å². The molecule has 1 aliphatic heterocycles. The molecule has 7 heteroatoms. The summed E-state index contributed by atoms with van der Waals surface area (Å²) in [6, 6.07) is 25.2. The maximum absolute atomic E-state index is 13.8. The molecule has 1 aliphatic rings. The van der Waals surface area contributed by atoms with E-state index in [9.17, 15) is 9.59 Å². The van der Waals surface area contributed by atoms with E-state index in [2.05, 4.69) is 16.3 Å². The highest BCUT2D eigenvalue weighted by atomic mass is 16.5. The highest BCUT2D eigenvalue weighted by Gasteiger charge is 2.24. The van der Waals surface area contributed by atoms with Crippen molar-refractivity contribution in [3.63, 3.8) is 0 Å². The molecule has 37 heavy (non-hydrogen) atoms. The number of benzene rings is 3. The molecule has 0 atom stereocenters. The van der Waals surface area contributed by atoms with Gasteiger partial charge in [-0.1, -0.05) is 43.3 Å². The molecule has 1 fully saturated rings. The molecule has 4 aromatic rings. The Labute approximate surface area is 216 Å². The molecule has 5 rings (SSSR count). The molecule has 188 valence electrons. The van der Waals surface area contributed by atoms with Crippen molar-refractivity contribution in [2.24, 2.45) is 0 Å². The molecule has 0 unspecified atom stereocenters. The number of hydrogen-bond acceptors (Lipinski definition) is 5. The van der Waals surface area contributed by atoms with E-state index in [-0.39, 0.29) is 11.8 Å². The Kier molecular flexibility index (Phi) is 7.03. The number of carbonyl (C=O) groups excluding carboxylic acids is 2. The minimum atomic E-state index is -0.0315. The van der Waals surface area contributed by atoms with Gasteiger partial charge < -0.3 is 19.9 Å². The fraction of sp³-hybridized carbons (Fsp3) is 0.233. The molecule has 0 radical (unpaired) electrons. The average Bonchev–Trinajstić information content (AvgIpc) is 2.96. The van der Waals surface area contributed by atoms with Gasteiger partial charge in [0.05, 0.1) is 23.9 Å². The quantitative estimate of drug-likeness (QED) is 0.398. The molecule has 0 aliphatic carbocycles. The molecular weight excluding hydrogens is 464 g/mol. The maximum atomic E-state index is 13.8. The zero-order chi connectivity index (χ0) is 25.8. The van der Waals surface area contributed by atoms with Crippen molar-refractivity contribution in [1.29, 1.82) is 0 Å². The zero-order valence-corrected chi connectivity index (χ0v) is 21.1. The van der Waals surface area contributed by atoms with Crippen LogP contribution in [0.15, 0.2) is 78.9 Å². The smallest absolute Gasteiger partial charge is 0.254 e. The number of nitrogens with zero attached hydrogens (tertiary/aromatic N) is 3. The van der Waals surface area contributed by atoms with Crippen LogP contribution in [0.25, 0.3) is 22.2 Å². The fourth-order valence-corrected chi connectivity index (χ4v) is 4.62. The van der Waals surface area contributed by atoms with Crippen molar-refractivity contribution < 1.29 is 14.3 Å². The minimum absolute atomic E-state index is 0.0111. The number of amides is 2. The summed E-state index contributed by atoms with van der Waals surface area (Å²) in [7, 11) is 1.67. The first-order chi connectivity index (χ1) is 18.1. The first-order valence-corrected chi connectivity index (χ1v) is 12.5. The van der Waals surface area contributed by atoms with Crippen molar-refractivity contribution in [2.45, 2.75) is 13.3 Å². The van der Waals surface area contributed by atoms with E-state index in [0.29, 0.717) is 25.1 Å². The standard InChI is InChI=1S/C30H30N4O3/c1-3-29(35)31-22-13-11-21(12-14-22)28-20-26(25-9-4-5-10-27(25)32-28)30(36)34-17-15-33(16-18-34)23-7-6-8-24(19-23)37-2/h4-14,19-20H,3,15-18H2,1-2H3,(H,31,35). The molecule has 1 saturated heterocycles. The van der Waals surface area contributed by atoms with E-state index in [1.807, 2.05) is 84.6 Å². The van der Waals surface area contributed by atoms with E-state index in [1.54, 1.807) is 7.11 Å². The van der Waals surface area contributed by atoms with Gasteiger partial charge in [-0.3, -0.25) is 9.59 Å². The van der Waals surface area contributed by atoms with Crippen molar-refractivity contribution in [1.82, 2.24) is 9.88 Å². The summed E-state index contributed by atoms with van der Waals surface area (Å²) in [5.41, 5.74) is 4.88. The van der Waals surface area contributed by atoms with E-state index >= 15 is 0 Å². The monoisotopic (exact) mass is 494 g/mol. The second-order valence-electron chi connectivity index (χ2n) is 9.03. The van der Waals surface area contributed by atoms with Crippen LogP contribution in [0.4, 0.5) is 11.4 Å². The highest BCUT2D eigenvalue weighted by molar-refractivity contribution is 6.07. The van der Waals surface area contributed by atoms with Crippen molar-refractivity contribution >= 4 is 34.1 Å². The third-order valence-corrected chi connectivity index (χ3v) is 6.72. The predicted molar refractivity (Wildman–Crippen MR) is 147 cm³/mol. The Hall–Kier alpha value is -4.39. The van der Waals surface area contributed by atoms with Gasteiger partial charge in [-0.05, 0) is 36.4 Å². The largest absolute Gasteiger partial charge is 0.497 e. The lowest BCUT2D eigenvalue weighted by atomic mass is 10.0. The third kappa shape index (κ3) is 5.26. The molecule has 3 aromatic carbocycles. The first-order valence-electron chi connectivity index (χ1n) is 12.5.